The highest BCUT2D eigenvalue weighted by molar-refractivity contribution is 5.68. The summed E-state index contributed by atoms with van der Waals surface area (Å²) in [4.78, 5) is 25.1. The fourth-order valence-electron chi connectivity index (χ4n) is 7.34. The fraction of sp³-hybridized carbons (Fsp3) is 0.956. The minimum Gasteiger partial charge on any atom is -0.444 e. The van der Waals surface area contributed by atoms with Crippen molar-refractivity contribution >= 4 is 12.2 Å². The van der Waals surface area contributed by atoms with Crippen LogP contribution >= 0.6 is 0 Å². The molecule has 0 aliphatic carbocycles. The van der Waals surface area contributed by atoms with Crippen LogP contribution in [0.25, 0.3) is 0 Å². The van der Waals surface area contributed by atoms with Gasteiger partial charge in [0.2, 0.25) is 0 Å². The summed E-state index contributed by atoms with van der Waals surface area (Å²) in [5.74, 6) is 0. The Morgan fingerprint density at radius 1 is 0.453 bits per heavy atom. The third kappa shape index (κ3) is 32.4. The van der Waals surface area contributed by atoms with E-state index in [4.69, 9.17) is 20.9 Å². The molecule has 0 radical (unpaired) electrons. The zero-order valence-electron chi connectivity index (χ0n) is 35.9. The van der Waals surface area contributed by atoms with E-state index in [0.29, 0.717) is 26.1 Å². The predicted octanol–water partition coefficient (Wildman–Crippen LogP) is 12.8. The van der Waals surface area contributed by atoms with Gasteiger partial charge in [0.05, 0.1) is 5.54 Å². The Balaban J connectivity index is 3.91. The van der Waals surface area contributed by atoms with Gasteiger partial charge in [0, 0.05) is 13.1 Å². The van der Waals surface area contributed by atoms with Gasteiger partial charge in [-0.3, -0.25) is 0 Å². The lowest BCUT2D eigenvalue weighted by Crippen LogP contribution is -2.61. The van der Waals surface area contributed by atoms with E-state index in [-0.39, 0.29) is 0 Å². The molecular weight excluding hydrogens is 661 g/mol. The maximum absolute atomic E-state index is 12.6. The molecule has 316 valence electrons. The Morgan fingerprint density at radius 2 is 0.679 bits per heavy atom. The topological polar surface area (TPSA) is 129 Å². The van der Waals surface area contributed by atoms with E-state index < -0.39 is 29.9 Å². The summed E-state index contributed by atoms with van der Waals surface area (Å²) in [6.45, 7) is 9.49. The first-order valence-corrected chi connectivity index (χ1v) is 23.2. The van der Waals surface area contributed by atoms with Crippen molar-refractivity contribution in [2.24, 2.45) is 11.5 Å². The van der Waals surface area contributed by atoms with Crippen LogP contribution in [0.5, 0.6) is 0 Å². The van der Waals surface area contributed by atoms with Crippen molar-refractivity contribution in [2.75, 3.05) is 19.6 Å². The summed E-state index contributed by atoms with van der Waals surface area (Å²) < 4.78 is 11.3. The molecule has 6 N–H and O–H groups in total. The van der Waals surface area contributed by atoms with E-state index in [9.17, 15) is 9.59 Å². The molecule has 0 heterocycles. The molecule has 0 aromatic carbocycles. The summed E-state index contributed by atoms with van der Waals surface area (Å²) in [6, 6.07) is 0. The number of hydrogen-bond donors (Lipinski definition) is 4. The van der Waals surface area contributed by atoms with Gasteiger partial charge in [0.15, 0.2) is 0 Å². The van der Waals surface area contributed by atoms with Crippen molar-refractivity contribution in [1.29, 1.82) is 0 Å². The Bertz CT molecular complexity index is 740. The van der Waals surface area contributed by atoms with Crippen LogP contribution in [0, 0.1) is 0 Å². The number of carbonyl (C=O) groups is 2. The molecule has 53 heavy (non-hydrogen) atoms. The molecule has 0 aliphatic rings. The van der Waals surface area contributed by atoms with Crippen molar-refractivity contribution in [1.82, 2.24) is 10.6 Å². The van der Waals surface area contributed by atoms with Gasteiger partial charge >= 0.3 is 12.2 Å². The van der Waals surface area contributed by atoms with Crippen molar-refractivity contribution in [3.05, 3.63) is 0 Å². The normalized spacial score (nSPS) is 13.7. The first kappa shape index (κ1) is 51.5. The van der Waals surface area contributed by atoms with Gasteiger partial charge in [-0.15, -0.1) is 0 Å². The monoisotopic (exact) mass is 753 g/mol. The average Bonchev–Trinajstić information content (AvgIpc) is 3.14. The van der Waals surface area contributed by atoms with Gasteiger partial charge in [-0.25, -0.2) is 9.59 Å². The van der Waals surface area contributed by atoms with Crippen LogP contribution in [-0.2, 0) is 9.47 Å². The lowest BCUT2D eigenvalue weighted by atomic mass is 9.85. The van der Waals surface area contributed by atoms with Gasteiger partial charge in [-0.2, -0.15) is 0 Å². The van der Waals surface area contributed by atoms with Gasteiger partial charge in [-0.1, -0.05) is 206 Å². The molecule has 8 nitrogen and oxygen atoms in total. The highest BCUT2D eigenvalue weighted by atomic mass is 16.6. The van der Waals surface area contributed by atoms with E-state index in [0.717, 1.165) is 25.7 Å². The van der Waals surface area contributed by atoms with Crippen LogP contribution in [0.3, 0.4) is 0 Å². The van der Waals surface area contributed by atoms with Gasteiger partial charge in [0.25, 0.3) is 0 Å². The third-order valence-electron chi connectivity index (χ3n) is 11.3. The standard InChI is InChI=1S/C45H92N4O4/c1-5-7-9-11-13-15-17-19-21-23-25-27-29-31-33-35-39-48-43(50)52-41(3)45(47,37-38-46)42(4)53-44(51)49-40-36-34-32-30-28-26-24-22-20-18-16-14-12-10-8-6-2/h41-42H,5-40,46-47H2,1-4H3,(H,48,50)(H,49,51). The zero-order valence-corrected chi connectivity index (χ0v) is 35.9. The summed E-state index contributed by atoms with van der Waals surface area (Å²) in [6.07, 6.45) is 40.1. The summed E-state index contributed by atoms with van der Waals surface area (Å²) >= 11 is 0. The van der Waals surface area contributed by atoms with Crippen LogP contribution < -0.4 is 22.1 Å². The Hall–Kier alpha value is -1.54. The summed E-state index contributed by atoms with van der Waals surface area (Å²) in [5, 5.41) is 5.73. The van der Waals surface area contributed by atoms with Crippen LogP contribution in [-0.4, -0.2) is 49.6 Å². The van der Waals surface area contributed by atoms with Crippen LogP contribution in [0.1, 0.15) is 240 Å². The first-order valence-electron chi connectivity index (χ1n) is 23.2. The van der Waals surface area contributed by atoms with E-state index in [2.05, 4.69) is 24.5 Å². The van der Waals surface area contributed by atoms with Crippen molar-refractivity contribution in [2.45, 2.75) is 257 Å². The molecule has 0 aliphatic heterocycles. The second-order valence-corrected chi connectivity index (χ2v) is 16.2. The number of nitrogens with one attached hydrogen (secondary N) is 2. The Kier molecular flexibility index (Phi) is 37.6. The van der Waals surface area contributed by atoms with Crippen molar-refractivity contribution < 1.29 is 19.1 Å². The molecule has 0 aromatic rings. The fourth-order valence-corrected chi connectivity index (χ4v) is 7.34. The van der Waals surface area contributed by atoms with Crippen LogP contribution in [0.2, 0.25) is 0 Å². The smallest absolute Gasteiger partial charge is 0.407 e. The maximum Gasteiger partial charge on any atom is 0.407 e. The van der Waals surface area contributed by atoms with E-state index in [1.807, 2.05) is 0 Å². The molecule has 8 heteroatoms. The van der Waals surface area contributed by atoms with Gasteiger partial charge < -0.3 is 31.6 Å². The molecule has 0 fully saturated rings. The second-order valence-electron chi connectivity index (χ2n) is 16.2. The number of ether oxygens (including phenoxy) is 2. The van der Waals surface area contributed by atoms with Crippen molar-refractivity contribution in [3.8, 4) is 0 Å². The number of hydrogen-bond acceptors (Lipinski definition) is 6. The molecule has 0 bridgehead atoms. The van der Waals surface area contributed by atoms with Crippen molar-refractivity contribution in [3.63, 3.8) is 0 Å². The number of unbranched alkanes of at least 4 members (excludes halogenated alkanes) is 30. The van der Waals surface area contributed by atoms with E-state index in [1.165, 1.54) is 180 Å². The minimum atomic E-state index is -1.09. The van der Waals surface area contributed by atoms with E-state index >= 15 is 0 Å². The molecule has 2 atom stereocenters. The molecule has 2 amide bonds. The summed E-state index contributed by atoms with van der Waals surface area (Å²) in [5.41, 5.74) is 11.5. The zero-order chi connectivity index (χ0) is 39.1. The lowest BCUT2D eigenvalue weighted by Gasteiger charge is -2.38. The number of carbonyl (C=O) groups excluding carboxylic acids is 2. The molecule has 0 aromatic heterocycles. The first-order chi connectivity index (χ1) is 25.8. The van der Waals surface area contributed by atoms with Gasteiger partial charge in [-0.05, 0) is 39.7 Å². The predicted molar refractivity (Wildman–Crippen MR) is 228 cm³/mol. The molecule has 0 spiro atoms. The summed E-state index contributed by atoms with van der Waals surface area (Å²) in [7, 11) is 0. The number of nitrogens with two attached hydrogens (primary N) is 2. The highest BCUT2D eigenvalue weighted by Crippen LogP contribution is 2.23. The highest BCUT2D eigenvalue weighted by Gasteiger charge is 2.42. The number of alkyl carbamates (subject to hydrolysis) is 2. The molecular formula is C45H92N4O4. The Labute approximate surface area is 329 Å². The van der Waals surface area contributed by atoms with Gasteiger partial charge in [0.1, 0.15) is 12.2 Å². The molecule has 0 saturated heterocycles. The maximum atomic E-state index is 12.6. The third-order valence-corrected chi connectivity index (χ3v) is 11.3. The molecule has 2 unspecified atom stereocenters. The van der Waals surface area contributed by atoms with E-state index in [1.54, 1.807) is 13.8 Å². The minimum absolute atomic E-state index is 0.291. The second kappa shape index (κ2) is 38.7. The largest absolute Gasteiger partial charge is 0.444 e. The van der Waals surface area contributed by atoms with Crippen LogP contribution in [0.15, 0.2) is 0 Å². The lowest BCUT2D eigenvalue weighted by molar-refractivity contribution is -0.0164. The number of rotatable bonds is 40. The number of amides is 2. The Morgan fingerprint density at radius 3 is 0.906 bits per heavy atom. The van der Waals surface area contributed by atoms with Crippen LogP contribution in [0.4, 0.5) is 9.59 Å². The quantitative estimate of drug-likeness (QED) is 0.0461. The SMILES string of the molecule is CCCCCCCCCCCCCCCCCCNC(=O)OC(C)C(N)(CCN)C(C)OC(=O)NCCCCCCCCCCCCCCCCCC. The average molecular weight is 753 g/mol. The molecule has 0 saturated carbocycles. The molecule has 0 rings (SSSR count).